The minimum absolute atomic E-state index is 0. The molecule has 1 aromatic rings. The summed E-state index contributed by atoms with van der Waals surface area (Å²) in [7, 11) is 0. The van der Waals surface area contributed by atoms with Crippen LogP contribution in [0.5, 0.6) is 0 Å². The number of halogens is 1. The molecule has 0 aromatic heterocycles. The quantitative estimate of drug-likeness (QED) is 0.720. The molecular formula is C19H32ClN3O2. The summed E-state index contributed by atoms with van der Waals surface area (Å²) in [4.78, 5) is 24.8. The van der Waals surface area contributed by atoms with E-state index in [9.17, 15) is 9.59 Å². The van der Waals surface area contributed by atoms with E-state index in [1.807, 2.05) is 32.9 Å². The van der Waals surface area contributed by atoms with E-state index >= 15 is 0 Å². The zero-order valence-corrected chi connectivity index (χ0v) is 16.9. The van der Waals surface area contributed by atoms with Crippen molar-refractivity contribution in [2.24, 2.45) is 11.7 Å². The number of rotatable bonds is 6. The molecule has 5 nitrogen and oxygen atoms in total. The lowest BCUT2D eigenvalue weighted by molar-refractivity contribution is -0.124. The third kappa shape index (κ3) is 7.04. The molecule has 0 heterocycles. The second kappa shape index (κ2) is 9.78. The molecule has 0 aliphatic carbocycles. The van der Waals surface area contributed by atoms with E-state index in [0.29, 0.717) is 12.1 Å². The molecule has 2 amide bonds. The zero-order chi connectivity index (χ0) is 18.5. The Bertz CT molecular complexity index is 565. The number of benzene rings is 1. The Morgan fingerprint density at radius 1 is 1.04 bits per heavy atom. The Balaban J connectivity index is 0.00000576. The van der Waals surface area contributed by atoms with Gasteiger partial charge in [-0.3, -0.25) is 9.59 Å². The number of carbonyl (C=O) groups excluding carboxylic acids is 2. The van der Waals surface area contributed by atoms with Crippen LogP contribution >= 0.6 is 12.4 Å². The highest BCUT2D eigenvalue weighted by Gasteiger charge is 2.25. The molecule has 1 unspecified atom stereocenters. The number of nitrogens with one attached hydrogen (secondary N) is 2. The fraction of sp³-hybridized carbons (Fsp3) is 0.579. The third-order valence-electron chi connectivity index (χ3n) is 3.99. The van der Waals surface area contributed by atoms with Gasteiger partial charge in [-0.1, -0.05) is 46.8 Å². The van der Waals surface area contributed by atoms with Crippen LogP contribution in [0, 0.1) is 5.92 Å². The van der Waals surface area contributed by atoms with E-state index in [-0.39, 0.29) is 41.6 Å². The largest absolute Gasteiger partial charge is 0.351 e. The maximum absolute atomic E-state index is 12.5. The molecule has 0 saturated carbocycles. The average molecular weight is 370 g/mol. The molecule has 0 spiro atoms. The van der Waals surface area contributed by atoms with Crippen LogP contribution in [-0.2, 0) is 10.2 Å². The SMILES string of the molecule is CC(C)C(NC(=O)c1ccc(C(C)(C)C)cc1)C(=O)N[C@@H](C)CN.Cl. The van der Waals surface area contributed by atoms with Crippen molar-refractivity contribution in [2.45, 2.75) is 59.0 Å². The van der Waals surface area contributed by atoms with E-state index in [1.165, 1.54) is 0 Å². The van der Waals surface area contributed by atoms with Crippen LogP contribution in [0.3, 0.4) is 0 Å². The second-order valence-corrected chi connectivity index (χ2v) is 7.67. The highest BCUT2D eigenvalue weighted by Crippen LogP contribution is 2.22. The maximum atomic E-state index is 12.5. The average Bonchev–Trinajstić information content (AvgIpc) is 2.50. The summed E-state index contributed by atoms with van der Waals surface area (Å²) in [5.41, 5.74) is 7.28. The van der Waals surface area contributed by atoms with E-state index in [4.69, 9.17) is 5.73 Å². The molecule has 0 fully saturated rings. The van der Waals surface area contributed by atoms with E-state index in [2.05, 4.69) is 31.4 Å². The molecule has 6 heteroatoms. The van der Waals surface area contributed by atoms with Gasteiger partial charge in [0.05, 0.1) is 0 Å². The van der Waals surface area contributed by atoms with Gasteiger partial charge in [0.25, 0.3) is 5.91 Å². The van der Waals surface area contributed by atoms with Crippen LogP contribution in [0.1, 0.15) is 57.5 Å². The first-order valence-corrected chi connectivity index (χ1v) is 8.48. The highest BCUT2D eigenvalue weighted by atomic mass is 35.5. The summed E-state index contributed by atoms with van der Waals surface area (Å²) in [6.07, 6.45) is 0. The lowest BCUT2D eigenvalue weighted by Gasteiger charge is -2.24. The summed E-state index contributed by atoms with van der Waals surface area (Å²) < 4.78 is 0. The lowest BCUT2D eigenvalue weighted by Crippen LogP contribution is -2.52. The first kappa shape index (κ1) is 23.4. The molecule has 1 aromatic carbocycles. The Morgan fingerprint density at radius 2 is 1.56 bits per heavy atom. The first-order chi connectivity index (χ1) is 11.1. The molecule has 0 aliphatic heterocycles. The normalized spacial score (nSPS) is 13.6. The number of amides is 2. The maximum Gasteiger partial charge on any atom is 0.251 e. The molecule has 4 N–H and O–H groups in total. The Labute approximate surface area is 157 Å². The first-order valence-electron chi connectivity index (χ1n) is 8.48. The van der Waals surface area contributed by atoms with Crippen molar-refractivity contribution in [3.05, 3.63) is 35.4 Å². The lowest BCUT2D eigenvalue weighted by atomic mass is 9.86. The van der Waals surface area contributed by atoms with Gasteiger partial charge in [-0.2, -0.15) is 0 Å². The van der Waals surface area contributed by atoms with Gasteiger partial charge in [-0.25, -0.2) is 0 Å². The molecule has 142 valence electrons. The standard InChI is InChI=1S/C19H31N3O2.ClH/c1-12(2)16(18(24)21-13(3)11-20)22-17(23)14-7-9-15(10-8-14)19(4,5)6;/h7-10,12-13,16H,11,20H2,1-6H3,(H,21,24)(H,22,23);1H/t13-,16?;/m0./s1. The van der Waals surface area contributed by atoms with Gasteiger partial charge in [0.1, 0.15) is 6.04 Å². The van der Waals surface area contributed by atoms with Crippen LogP contribution in [-0.4, -0.2) is 30.4 Å². The topological polar surface area (TPSA) is 84.2 Å². The predicted molar refractivity (Wildman–Crippen MR) is 105 cm³/mol. The number of hydrogen-bond donors (Lipinski definition) is 3. The van der Waals surface area contributed by atoms with Crippen molar-refractivity contribution in [3.63, 3.8) is 0 Å². The van der Waals surface area contributed by atoms with Crippen molar-refractivity contribution in [3.8, 4) is 0 Å². The van der Waals surface area contributed by atoms with Crippen molar-refractivity contribution in [1.82, 2.24) is 10.6 Å². The fourth-order valence-electron chi connectivity index (χ4n) is 2.27. The number of carbonyl (C=O) groups is 2. The fourth-order valence-corrected chi connectivity index (χ4v) is 2.27. The summed E-state index contributed by atoms with van der Waals surface area (Å²) in [6, 6.07) is 6.79. The van der Waals surface area contributed by atoms with E-state index in [1.54, 1.807) is 12.1 Å². The summed E-state index contributed by atoms with van der Waals surface area (Å²) in [5.74, 6) is -0.472. The van der Waals surface area contributed by atoms with Gasteiger partial charge in [-0.05, 0) is 36.0 Å². The monoisotopic (exact) mass is 369 g/mol. The number of hydrogen-bond acceptors (Lipinski definition) is 3. The second-order valence-electron chi connectivity index (χ2n) is 7.67. The van der Waals surface area contributed by atoms with Gasteiger partial charge < -0.3 is 16.4 Å². The van der Waals surface area contributed by atoms with Crippen molar-refractivity contribution < 1.29 is 9.59 Å². The van der Waals surface area contributed by atoms with Gasteiger partial charge in [0.15, 0.2) is 0 Å². The molecule has 0 aliphatic rings. The van der Waals surface area contributed by atoms with Crippen molar-refractivity contribution >= 4 is 24.2 Å². The van der Waals surface area contributed by atoms with Gasteiger partial charge in [-0.15, -0.1) is 12.4 Å². The Hall–Kier alpha value is -1.59. The summed E-state index contributed by atoms with van der Waals surface area (Å²) in [6.45, 7) is 12.4. The highest BCUT2D eigenvalue weighted by molar-refractivity contribution is 5.97. The van der Waals surface area contributed by atoms with Crippen molar-refractivity contribution in [2.75, 3.05) is 6.54 Å². The molecule has 0 radical (unpaired) electrons. The smallest absolute Gasteiger partial charge is 0.251 e. The van der Waals surface area contributed by atoms with E-state index in [0.717, 1.165) is 5.56 Å². The molecule has 0 bridgehead atoms. The Kier molecular flexibility index (Phi) is 9.16. The van der Waals surface area contributed by atoms with Gasteiger partial charge in [0, 0.05) is 18.2 Å². The zero-order valence-electron chi connectivity index (χ0n) is 16.1. The van der Waals surface area contributed by atoms with Gasteiger partial charge in [0.2, 0.25) is 5.91 Å². The molecule has 2 atom stereocenters. The van der Waals surface area contributed by atoms with E-state index < -0.39 is 6.04 Å². The van der Waals surface area contributed by atoms with Crippen LogP contribution in [0.25, 0.3) is 0 Å². The van der Waals surface area contributed by atoms with Gasteiger partial charge >= 0.3 is 0 Å². The number of nitrogens with two attached hydrogens (primary N) is 1. The van der Waals surface area contributed by atoms with Crippen LogP contribution in [0.4, 0.5) is 0 Å². The third-order valence-corrected chi connectivity index (χ3v) is 3.99. The molecule has 0 saturated heterocycles. The predicted octanol–water partition coefficient (Wildman–Crippen LogP) is 2.62. The van der Waals surface area contributed by atoms with Crippen LogP contribution in [0.15, 0.2) is 24.3 Å². The molecule has 25 heavy (non-hydrogen) atoms. The minimum Gasteiger partial charge on any atom is -0.351 e. The summed E-state index contributed by atoms with van der Waals surface area (Å²) in [5, 5.41) is 5.65. The minimum atomic E-state index is -0.589. The van der Waals surface area contributed by atoms with Crippen LogP contribution < -0.4 is 16.4 Å². The summed E-state index contributed by atoms with van der Waals surface area (Å²) >= 11 is 0. The Morgan fingerprint density at radius 3 is 1.96 bits per heavy atom. The molecule has 1 rings (SSSR count). The van der Waals surface area contributed by atoms with Crippen molar-refractivity contribution in [1.29, 1.82) is 0 Å². The van der Waals surface area contributed by atoms with Crippen LogP contribution in [0.2, 0.25) is 0 Å². The molecular weight excluding hydrogens is 338 g/mol.